The number of anilines is 2. The van der Waals surface area contributed by atoms with Crippen molar-refractivity contribution in [3.8, 4) is 5.75 Å². The molecule has 2 aromatic carbocycles. The van der Waals surface area contributed by atoms with Crippen molar-refractivity contribution < 1.29 is 23.9 Å². The van der Waals surface area contributed by atoms with Crippen LogP contribution in [0, 0.1) is 30.6 Å². The van der Waals surface area contributed by atoms with Gasteiger partial charge in [0.1, 0.15) is 5.75 Å². The molecule has 3 fully saturated rings. The third kappa shape index (κ3) is 4.21. The van der Waals surface area contributed by atoms with E-state index in [2.05, 4.69) is 6.92 Å². The summed E-state index contributed by atoms with van der Waals surface area (Å²) in [6.45, 7) is 6.25. The number of para-hydroxylation sites is 1. The molecule has 3 amide bonds. The van der Waals surface area contributed by atoms with Crippen LogP contribution in [0.2, 0.25) is 0 Å². The van der Waals surface area contributed by atoms with Crippen LogP contribution in [0.25, 0.3) is 0 Å². The molecular formula is C29H32N2O5. The zero-order valence-corrected chi connectivity index (χ0v) is 21.0. The Bertz CT molecular complexity index is 1240. The summed E-state index contributed by atoms with van der Waals surface area (Å²) in [7, 11) is 0. The molecular weight excluding hydrogens is 456 g/mol. The van der Waals surface area contributed by atoms with Gasteiger partial charge in [-0.15, -0.1) is 0 Å². The Morgan fingerprint density at radius 1 is 1.00 bits per heavy atom. The number of hydrogen-bond acceptors (Lipinski definition) is 5. The van der Waals surface area contributed by atoms with Gasteiger partial charge >= 0.3 is 5.97 Å². The summed E-state index contributed by atoms with van der Waals surface area (Å²) in [4.78, 5) is 54.8. The maximum Gasteiger partial charge on any atom is 0.316 e. The normalized spacial score (nSPS) is 25.9. The zero-order valence-electron chi connectivity index (χ0n) is 21.0. The molecule has 4 atom stereocenters. The lowest BCUT2D eigenvalue weighted by Crippen LogP contribution is -2.31. The minimum absolute atomic E-state index is 0.0915. The quantitative estimate of drug-likeness (QED) is 0.353. The molecule has 36 heavy (non-hydrogen) atoms. The van der Waals surface area contributed by atoms with Gasteiger partial charge in [-0.3, -0.25) is 19.2 Å². The highest BCUT2D eigenvalue weighted by Gasteiger charge is 2.50. The van der Waals surface area contributed by atoms with E-state index in [0.717, 1.165) is 36.9 Å². The summed E-state index contributed by atoms with van der Waals surface area (Å²) < 4.78 is 5.64. The van der Waals surface area contributed by atoms with E-state index >= 15 is 0 Å². The number of carbonyl (C=O) groups excluding carboxylic acids is 4. The molecule has 0 bridgehead atoms. The van der Waals surface area contributed by atoms with Gasteiger partial charge in [0.25, 0.3) is 0 Å². The van der Waals surface area contributed by atoms with Crippen LogP contribution in [0.15, 0.2) is 42.5 Å². The van der Waals surface area contributed by atoms with Crippen LogP contribution >= 0.6 is 0 Å². The molecule has 2 saturated heterocycles. The second-order valence-corrected chi connectivity index (χ2v) is 10.4. The Morgan fingerprint density at radius 3 is 2.50 bits per heavy atom. The van der Waals surface area contributed by atoms with Gasteiger partial charge in [0, 0.05) is 18.7 Å². The molecule has 2 aromatic rings. The molecule has 7 nitrogen and oxygen atoms in total. The minimum Gasteiger partial charge on any atom is -0.426 e. The lowest BCUT2D eigenvalue weighted by molar-refractivity contribution is -0.139. The summed E-state index contributed by atoms with van der Waals surface area (Å²) >= 11 is 0. The van der Waals surface area contributed by atoms with Crippen molar-refractivity contribution in [2.75, 3.05) is 16.3 Å². The number of imide groups is 1. The number of ether oxygens (including phenoxy) is 1. The van der Waals surface area contributed by atoms with E-state index in [9.17, 15) is 19.2 Å². The lowest BCUT2D eigenvalue weighted by Gasteiger charge is -2.25. The molecule has 0 radical (unpaired) electrons. The standard InChI is InChI=1S/C29H32N2O5/c1-4-19-7-5-6-8-25(19)30-16-20(15-26(30)32)29(35)36-21-10-12-24(18(3)14-21)31-27(33)22-11-9-17(2)13-23(22)28(31)34/h5-8,10,12,14,17,20,22-23H,4,9,11,13,15-16H2,1-3H3/t17-,20+,22+,23+/m0/s1. The summed E-state index contributed by atoms with van der Waals surface area (Å²) in [5, 5.41) is 0. The average molecular weight is 489 g/mol. The Morgan fingerprint density at radius 2 is 1.75 bits per heavy atom. The largest absolute Gasteiger partial charge is 0.426 e. The van der Waals surface area contributed by atoms with Gasteiger partial charge in [-0.1, -0.05) is 32.0 Å². The van der Waals surface area contributed by atoms with Crippen molar-refractivity contribution in [2.45, 2.75) is 52.9 Å². The molecule has 0 unspecified atom stereocenters. The Hall–Kier alpha value is -3.48. The SMILES string of the molecule is CCc1ccccc1N1C[C@H](C(=O)Oc2ccc(N3C(=O)[C@@H]4CC[C@H](C)C[C@H]4C3=O)c(C)c2)CC1=O. The Labute approximate surface area is 211 Å². The second kappa shape index (κ2) is 9.52. The number of benzene rings is 2. The number of hydrogen-bond donors (Lipinski definition) is 0. The monoisotopic (exact) mass is 488 g/mol. The van der Waals surface area contributed by atoms with Gasteiger partial charge in [0.2, 0.25) is 17.7 Å². The molecule has 2 aliphatic heterocycles. The van der Waals surface area contributed by atoms with Crippen LogP contribution in [-0.2, 0) is 25.6 Å². The fourth-order valence-electron chi connectivity index (χ4n) is 5.94. The maximum absolute atomic E-state index is 13.1. The van der Waals surface area contributed by atoms with Crippen LogP contribution in [-0.4, -0.2) is 30.2 Å². The molecule has 3 aliphatic rings. The third-order valence-electron chi connectivity index (χ3n) is 7.94. The fourth-order valence-corrected chi connectivity index (χ4v) is 5.94. The predicted octanol–water partition coefficient (Wildman–Crippen LogP) is 4.44. The van der Waals surface area contributed by atoms with E-state index in [1.807, 2.05) is 31.2 Å². The van der Waals surface area contributed by atoms with Gasteiger partial charge in [-0.05, 0) is 73.9 Å². The molecule has 0 aromatic heterocycles. The highest BCUT2D eigenvalue weighted by Crippen LogP contribution is 2.43. The number of esters is 1. The predicted molar refractivity (Wildman–Crippen MR) is 136 cm³/mol. The minimum atomic E-state index is -0.561. The highest BCUT2D eigenvalue weighted by molar-refractivity contribution is 6.22. The number of nitrogens with zero attached hydrogens (tertiary/aromatic N) is 2. The van der Waals surface area contributed by atoms with Crippen molar-refractivity contribution in [1.82, 2.24) is 0 Å². The van der Waals surface area contributed by atoms with Gasteiger partial charge in [0.15, 0.2) is 0 Å². The summed E-state index contributed by atoms with van der Waals surface area (Å²) in [6, 6.07) is 12.7. The maximum atomic E-state index is 13.1. The Balaban J connectivity index is 1.28. The van der Waals surface area contributed by atoms with E-state index in [1.165, 1.54) is 4.90 Å². The Kier molecular flexibility index (Phi) is 6.41. The summed E-state index contributed by atoms with van der Waals surface area (Å²) in [6.07, 6.45) is 3.37. The van der Waals surface area contributed by atoms with Crippen LogP contribution in [0.4, 0.5) is 11.4 Å². The third-order valence-corrected chi connectivity index (χ3v) is 7.94. The van der Waals surface area contributed by atoms with Crippen molar-refractivity contribution in [2.24, 2.45) is 23.7 Å². The van der Waals surface area contributed by atoms with Crippen molar-refractivity contribution in [3.05, 3.63) is 53.6 Å². The van der Waals surface area contributed by atoms with Gasteiger partial charge in [0.05, 0.1) is 23.4 Å². The van der Waals surface area contributed by atoms with Gasteiger partial charge in [-0.2, -0.15) is 0 Å². The average Bonchev–Trinajstić information content (AvgIpc) is 3.36. The molecule has 1 aliphatic carbocycles. The zero-order chi connectivity index (χ0) is 25.6. The lowest BCUT2D eigenvalue weighted by atomic mass is 9.76. The smallest absolute Gasteiger partial charge is 0.316 e. The highest BCUT2D eigenvalue weighted by atomic mass is 16.5. The van der Waals surface area contributed by atoms with Crippen molar-refractivity contribution >= 4 is 35.1 Å². The number of carbonyl (C=O) groups is 4. The number of aryl methyl sites for hydroxylation is 2. The molecule has 0 spiro atoms. The fraction of sp³-hybridized carbons (Fsp3) is 0.448. The number of fused-ring (bicyclic) bond motifs is 1. The van der Waals surface area contributed by atoms with E-state index in [0.29, 0.717) is 22.9 Å². The van der Waals surface area contributed by atoms with E-state index in [4.69, 9.17) is 4.74 Å². The van der Waals surface area contributed by atoms with Crippen LogP contribution < -0.4 is 14.5 Å². The molecule has 188 valence electrons. The first-order chi connectivity index (χ1) is 17.3. The molecule has 7 heteroatoms. The summed E-state index contributed by atoms with van der Waals surface area (Å²) in [5.74, 6) is -1.04. The number of amides is 3. The van der Waals surface area contributed by atoms with Gasteiger partial charge in [-0.25, -0.2) is 4.90 Å². The van der Waals surface area contributed by atoms with Crippen LogP contribution in [0.5, 0.6) is 5.75 Å². The molecule has 5 rings (SSSR count). The van der Waals surface area contributed by atoms with E-state index < -0.39 is 11.9 Å². The topological polar surface area (TPSA) is 84.0 Å². The van der Waals surface area contributed by atoms with Gasteiger partial charge < -0.3 is 9.64 Å². The van der Waals surface area contributed by atoms with E-state index in [-0.39, 0.29) is 42.5 Å². The number of rotatable bonds is 5. The van der Waals surface area contributed by atoms with Crippen LogP contribution in [0.1, 0.15) is 50.7 Å². The molecule has 0 N–H and O–H groups in total. The summed E-state index contributed by atoms with van der Waals surface area (Å²) in [5.41, 5.74) is 3.14. The second-order valence-electron chi connectivity index (χ2n) is 10.4. The first-order valence-corrected chi connectivity index (χ1v) is 12.9. The van der Waals surface area contributed by atoms with Crippen molar-refractivity contribution in [3.63, 3.8) is 0 Å². The van der Waals surface area contributed by atoms with Crippen molar-refractivity contribution in [1.29, 1.82) is 0 Å². The first kappa shape index (κ1) is 24.2. The molecule has 2 heterocycles. The van der Waals surface area contributed by atoms with Crippen LogP contribution in [0.3, 0.4) is 0 Å². The first-order valence-electron chi connectivity index (χ1n) is 12.9. The van der Waals surface area contributed by atoms with E-state index in [1.54, 1.807) is 30.0 Å². The molecule has 1 saturated carbocycles.